The Morgan fingerprint density at radius 2 is 1.41 bits per heavy atom. The molecular weight excluding hydrogens is 883 g/mol. The molecule has 0 bridgehead atoms. The fraction of sp³-hybridized carbons (Fsp3) is 0.569. The molecular formula is C51H67N9O9. The minimum atomic E-state index is -1.01. The highest BCUT2D eigenvalue weighted by Crippen LogP contribution is 2.38. The largest absolute Gasteiger partial charge is 0.393 e. The lowest BCUT2D eigenvalue weighted by molar-refractivity contribution is -0.136. The Labute approximate surface area is 403 Å². The SMILES string of the molecule is O=C1CCC(N2C(=O)c3cccc(NCCOCCOCCOCCOCCN4CCN(Cc5ccc(-c6cn([C@H]7CC[C@H](O)CC7)c7nc(NCCC8CC8)ncc67)cc5)CC4)c3C2=O)C(=O)N1. The molecule has 4 amide bonds. The molecule has 1 unspecified atom stereocenters. The number of nitrogens with zero attached hydrogens (tertiary/aromatic N) is 6. The summed E-state index contributed by atoms with van der Waals surface area (Å²) >= 11 is 0. The van der Waals surface area contributed by atoms with E-state index in [4.69, 9.17) is 28.9 Å². The van der Waals surface area contributed by atoms with Crippen LogP contribution < -0.4 is 16.0 Å². The van der Waals surface area contributed by atoms with Gasteiger partial charge in [-0.2, -0.15) is 4.98 Å². The van der Waals surface area contributed by atoms with Crippen LogP contribution in [-0.2, 0) is 35.1 Å². The van der Waals surface area contributed by atoms with Crippen molar-refractivity contribution in [2.75, 3.05) is 109 Å². The molecule has 4 N–H and O–H groups in total. The summed E-state index contributed by atoms with van der Waals surface area (Å²) in [6, 6.07) is 13.3. The molecule has 2 saturated carbocycles. The third-order valence-electron chi connectivity index (χ3n) is 14.0. The van der Waals surface area contributed by atoms with Crippen molar-refractivity contribution in [3.63, 3.8) is 0 Å². The van der Waals surface area contributed by atoms with Gasteiger partial charge in [0.25, 0.3) is 11.8 Å². The first-order valence-electron chi connectivity index (χ1n) is 25.0. The first kappa shape index (κ1) is 48.7. The highest BCUT2D eigenvalue weighted by Gasteiger charge is 2.45. The number of benzene rings is 2. The molecule has 18 heteroatoms. The number of rotatable bonds is 25. The van der Waals surface area contributed by atoms with Gasteiger partial charge in [-0.3, -0.25) is 39.2 Å². The molecule has 5 heterocycles. The molecule has 4 fully saturated rings. The van der Waals surface area contributed by atoms with Gasteiger partial charge < -0.3 is 39.3 Å². The average molecular weight is 950 g/mol. The minimum Gasteiger partial charge on any atom is -0.393 e. The van der Waals surface area contributed by atoms with Gasteiger partial charge in [0, 0.05) is 93.9 Å². The van der Waals surface area contributed by atoms with E-state index in [0.717, 1.165) is 98.9 Å². The number of ether oxygens (including phenoxy) is 4. The number of fused-ring (bicyclic) bond motifs is 2. The lowest BCUT2D eigenvalue weighted by Crippen LogP contribution is -2.54. The number of aliphatic hydroxyl groups excluding tert-OH is 1. The van der Waals surface area contributed by atoms with Crippen LogP contribution >= 0.6 is 0 Å². The van der Waals surface area contributed by atoms with E-state index in [0.29, 0.717) is 77.1 Å². The van der Waals surface area contributed by atoms with Crippen LogP contribution in [-0.4, -0.2) is 169 Å². The third-order valence-corrected chi connectivity index (χ3v) is 14.0. The van der Waals surface area contributed by atoms with E-state index in [1.54, 1.807) is 18.2 Å². The van der Waals surface area contributed by atoms with Crippen molar-refractivity contribution in [1.82, 2.24) is 34.6 Å². The highest BCUT2D eigenvalue weighted by atomic mass is 16.6. The van der Waals surface area contributed by atoms with E-state index >= 15 is 0 Å². The molecule has 5 aliphatic rings. The molecule has 0 spiro atoms. The Balaban J connectivity index is 0.604. The third kappa shape index (κ3) is 12.5. The number of imide groups is 2. The van der Waals surface area contributed by atoms with Gasteiger partial charge in [-0.15, -0.1) is 0 Å². The number of hydrogen-bond acceptors (Lipinski definition) is 15. The maximum Gasteiger partial charge on any atom is 0.264 e. The van der Waals surface area contributed by atoms with E-state index in [-0.39, 0.29) is 30.1 Å². The van der Waals surface area contributed by atoms with Crippen LogP contribution in [0.4, 0.5) is 11.6 Å². The predicted octanol–water partition coefficient (Wildman–Crippen LogP) is 4.48. The van der Waals surface area contributed by atoms with Crippen molar-refractivity contribution in [2.45, 2.75) is 82.5 Å². The second kappa shape index (κ2) is 23.5. The number of carbonyl (C=O) groups excluding carboxylic acids is 4. The second-order valence-electron chi connectivity index (χ2n) is 18.9. The number of anilines is 2. The number of aliphatic hydroxyl groups is 1. The molecule has 1 atom stereocenters. The topological polar surface area (TPSA) is 202 Å². The number of piperazine rings is 1. The zero-order valence-corrected chi connectivity index (χ0v) is 39.6. The van der Waals surface area contributed by atoms with Gasteiger partial charge in [0.15, 0.2) is 0 Å². The quantitative estimate of drug-likeness (QED) is 0.0535. The summed E-state index contributed by atoms with van der Waals surface area (Å²) in [6.45, 7) is 10.9. The summed E-state index contributed by atoms with van der Waals surface area (Å²) in [5, 5.41) is 20.1. The normalized spacial score (nSPS) is 21.3. The van der Waals surface area contributed by atoms with Crippen molar-refractivity contribution in [3.8, 4) is 11.1 Å². The standard InChI is InChI=1S/C51H67N9O9/c61-39-12-10-38(11-13-39)59-34-42(41-32-54-51(56-47(41)59)53-17-16-35-4-5-35)37-8-6-36(7-9-37)33-58-21-19-57(20-22-58)23-25-67-27-29-69-31-30-68-28-26-66-24-18-52-43-3-1-2-40-46(43)50(65)60(49(40)64)44-14-15-45(62)55-48(44)63/h1-3,6-9,32,34-35,38-39,44,52,61H,4-5,10-31,33H2,(H,53,54,56)(H,55,62,63)/t38-,39-,44?. The smallest absolute Gasteiger partial charge is 0.264 e. The molecule has 370 valence electrons. The Bertz CT molecular complexity index is 2390. The molecule has 69 heavy (non-hydrogen) atoms. The number of hydrogen-bond donors (Lipinski definition) is 4. The van der Waals surface area contributed by atoms with E-state index in [9.17, 15) is 24.3 Å². The van der Waals surface area contributed by atoms with E-state index < -0.39 is 29.7 Å². The average Bonchev–Trinajstić information content (AvgIpc) is 4.06. The van der Waals surface area contributed by atoms with Crippen molar-refractivity contribution in [1.29, 1.82) is 0 Å². The number of carbonyl (C=O) groups is 4. The fourth-order valence-corrected chi connectivity index (χ4v) is 9.85. The summed E-state index contributed by atoms with van der Waals surface area (Å²) in [5.74, 6) is -0.585. The minimum absolute atomic E-state index is 0.0692. The van der Waals surface area contributed by atoms with Crippen molar-refractivity contribution >= 4 is 46.3 Å². The van der Waals surface area contributed by atoms with E-state index in [2.05, 4.69) is 60.8 Å². The van der Waals surface area contributed by atoms with Gasteiger partial charge in [-0.05, 0) is 67.7 Å². The number of nitrogens with one attached hydrogen (secondary N) is 3. The number of amides is 4. The van der Waals surface area contributed by atoms with E-state index in [1.165, 1.54) is 30.4 Å². The van der Waals surface area contributed by atoms with Crippen LogP contribution in [0.15, 0.2) is 54.9 Å². The van der Waals surface area contributed by atoms with Gasteiger partial charge in [-0.25, -0.2) is 4.98 Å². The van der Waals surface area contributed by atoms with Crippen LogP contribution in [0.3, 0.4) is 0 Å². The Kier molecular flexibility index (Phi) is 16.6. The van der Waals surface area contributed by atoms with Crippen molar-refractivity contribution < 1.29 is 43.2 Å². The van der Waals surface area contributed by atoms with Crippen LogP contribution in [0.2, 0.25) is 0 Å². The lowest BCUT2D eigenvalue weighted by atomic mass is 9.93. The maximum absolute atomic E-state index is 13.2. The Hall–Kier alpha value is -5.34. The summed E-state index contributed by atoms with van der Waals surface area (Å²) in [6.07, 6.45) is 11.6. The summed E-state index contributed by atoms with van der Waals surface area (Å²) in [7, 11) is 0. The summed E-state index contributed by atoms with van der Waals surface area (Å²) in [5.41, 5.74) is 5.54. The second-order valence-corrected chi connectivity index (χ2v) is 18.9. The maximum atomic E-state index is 13.2. The van der Waals surface area contributed by atoms with E-state index in [1.807, 2.05) is 6.20 Å². The molecule has 2 saturated heterocycles. The van der Waals surface area contributed by atoms with Gasteiger partial charge in [-0.1, -0.05) is 43.2 Å². The van der Waals surface area contributed by atoms with Gasteiger partial charge in [0.1, 0.15) is 11.7 Å². The summed E-state index contributed by atoms with van der Waals surface area (Å²) in [4.78, 5) is 66.0. The highest BCUT2D eigenvalue weighted by molar-refractivity contribution is 6.25. The van der Waals surface area contributed by atoms with Crippen LogP contribution in [0, 0.1) is 5.92 Å². The van der Waals surface area contributed by atoms with Gasteiger partial charge in [0.05, 0.1) is 70.1 Å². The number of aromatic nitrogens is 3. The Morgan fingerprint density at radius 1 is 0.710 bits per heavy atom. The van der Waals surface area contributed by atoms with Crippen LogP contribution in [0.25, 0.3) is 22.2 Å². The zero-order valence-electron chi connectivity index (χ0n) is 39.6. The fourth-order valence-electron chi connectivity index (χ4n) is 9.85. The molecule has 4 aromatic rings. The van der Waals surface area contributed by atoms with Gasteiger partial charge >= 0.3 is 0 Å². The molecule has 2 aromatic heterocycles. The molecule has 3 aliphatic heterocycles. The molecule has 2 aromatic carbocycles. The summed E-state index contributed by atoms with van der Waals surface area (Å²) < 4.78 is 25.2. The van der Waals surface area contributed by atoms with Crippen molar-refractivity contribution in [2.24, 2.45) is 5.92 Å². The molecule has 18 nitrogen and oxygen atoms in total. The molecule has 0 radical (unpaired) electrons. The zero-order chi connectivity index (χ0) is 47.5. The molecule has 9 rings (SSSR count). The first-order chi connectivity index (χ1) is 33.8. The predicted molar refractivity (Wildman–Crippen MR) is 259 cm³/mol. The number of piperidine rings is 1. The van der Waals surface area contributed by atoms with Gasteiger partial charge in [0.2, 0.25) is 17.8 Å². The Morgan fingerprint density at radius 3 is 2.12 bits per heavy atom. The van der Waals surface area contributed by atoms with Crippen molar-refractivity contribution in [3.05, 3.63) is 71.5 Å². The van der Waals surface area contributed by atoms with Crippen LogP contribution in [0.5, 0.6) is 0 Å². The van der Waals surface area contributed by atoms with Crippen LogP contribution in [0.1, 0.15) is 90.1 Å². The lowest BCUT2D eigenvalue weighted by Gasteiger charge is -2.34. The molecule has 2 aliphatic carbocycles. The monoisotopic (exact) mass is 950 g/mol. The first-order valence-corrected chi connectivity index (χ1v) is 25.0.